The Morgan fingerprint density at radius 3 is 2.71 bits per heavy atom. The van der Waals surface area contributed by atoms with E-state index < -0.39 is 6.09 Å². The molecule has 94 valence electrons. The number of amides is 1. The van der Waals surface area contributed by atoms with Crippen LogP contribution in [0.5, 0.6) is 0 Å². The van der Waals surface area contributed by atoms with Gasteiger partial charge < -0.3 is 10.0 Å². The van der Waals surface area contributed by atoms with Crippen molar-refractivity contribution in [1.29, 1.82) is 0 Å². The number of thiazole rings is 1. The lowest BCUT2D eigenvalue weighted by Crippen LogP contribution is -2.36. The molecule has 2 heterocycles. The first kappa shape index (κ1) is 12.6. The summed E-state index contributed by atoms with van der Waals surface area (Å²) >= 11 is 7.50. The van der Waals surface area contributed by atoms with Crippen LogP contribution in [0.1, 0.15) is 34.3 Å². The number of piperidine rings is 1. The maximum Gasteiger partial charge on any atom is 0.407 e. The summed E-state index contributed by atoms with van der Waals surface area (Å²) in [5, 5.41) is 9.99. The molecule has 0 unspecified atom stereocenters. The zero-order valence-electron chi connectivity index (χ0n) is 9.65. The minimum absolute atomic E-state index is 0.395. The van der Waals surface area contributed by atoms with Crippen LogP contribution in [-0.4, -0.2) is 34.2 Å². The summed E-state index contributed by atoms with van der Waals surface area (Å²) in [5.41, 5.74) is 1.01. The molecule has 1 fully saturated rings. The zero-order valence-corrected chi connectivity index (χ0v) is 11.2. The summed E-state index contributed by atoms with van der Waals surface area (Å²) in [6.45, 7) is 3.19. The summed E-state index contributed by atoms with van der Waals surface area (Å²) in [6, 6.07) is 0. The highest BCUT2D eigenvalue weighted by atomic mass is 35.5. The molecular weight excluding hydrogens is 260 g/mol. The minimum Gasteiger partial charge on any atom is -0.465 e. The van der Waals surface area contributed by atoms with E-state index in [9.17, 15) is 4.79 Å². The van der Waals surface area contributed by atoms with Crippen molar-refractivity contribution in [1.82, 2.24) is 9.88 Å². The molecule has 1 aliphatic rings. The van der Waals surface area contributed by atoms with Crippen LogP contribution in [0.3, 0.4) is 0 Å². The average molecular weight is 275 g/mol. The number of nitrogens with zero attached hydrogens (tertiary/aromatic N) is 2. The van der Waals surface area contributed by atoms with E-state index in [4.69, 9.17) is 16.7 Å². The third kappa shape index (κ3) is 2.72. The summed E-state index contributed by atoms with van der Waals surface area (Å²) in [4.78, 5) is 17.9. The Hall–Kier alpha value is -0.810. The van der Waals surface area contributed by atoms with Crippen molar-refractivity contribution < 1.29 is 9.90 Å². The number of hydrogen-bond acceptors (Lipinski definition) is 3. The lowest BCUT2D eigenvalue weighted by atomic mass is 9.98. The second-order valence-corrected chi connectivity index (χ2v) is 5.62. The molecular formula is C11H15ClN2O2S. The second kappa shape index (κ2) is 5.23. The largest absolute Gasteiger partial charge is 0.465 e. The van der Waals surface area contributed by atoms with Crippen molar-refractivity contribution in [3.63, 3.8) is 0 Å². The highest BCUT2D eigenvalue weighted by molar-refractivity contribution is 7.12. The van der Waals surface area contributed by atoms with Gasteiger partial charge in [0, 0.05) is 23.9 Å². The van der Waals surface area contributed by atoms with Gasteiger partial charge in [-0.3, -0.25) is 0 Å². The first-order valence-electron chi connectivity index (χ1n) is 5.62. The molecule has 1 N–H and O–H groups in total. The first-order chi connectivity index (χ1) is 8.11. The number of alkyl halides is 1. The summed E-state index contributed by atoms with van der Waals surface area (Å²) in [5.74, 6) is 0.906. The quantitative estimate of drug-likeness (QED) is 0.844. The number of rotatable bonds is 2. The number of halogens is 1. The van der Waals surface area contributed by atoms with E-state index in [0.29, 0.717) is 24.9 Å². The van der Waals surface area contributed by atoms with Crippen LogP contribution in [0.25, 0.3) is 0 Å². The van der Waals surface area contributed by atoms with Gasteiger partial charge in [-0.1, -0.05) is 0 Å². The molecule has 17 heavy (non-hydrogen) atoms. The van der Waals surface area contributed by atoms with Gasteiger partial charge in [-0.25, -0.2) is 9.78 Å². The first-order valence-corrected chi connectivity index (χ1v) is 6.97. The van der Waals surface area contributed by atoms with Gasteiger partial charge in [-0.15, -0.1) is 22.9 Å². The Labute approximate surface area is 109 Å². The Kier molecular flexibility index (Phi) is 3.89. The van der Waals surface area contributed by atoms with E-state index in [1.54, 1.807) is 11.3 Å². The molecule has 1 aromatic heterocycles. The van der Waals surface area contributed by atoms with Crippen molar-refractivity contribution in [3.8, 4) is 0 Å². The van der Waals surface area contributed by atoms with Gasteiger partial charge >= 0.3 is 6.09 Å². The van der Waals surface area contributed by atoms with Crippen LogP contribution in [0.2, 0.25) is 0 Å². The van der Waals surface area contributed by atoms with E-state index in [-0.39, 0.29) is 0 Å². The fraction of sp³-hybridized carbons (Fsp3) is 0.636. The molecule has 4 nitrogen and oxygen atoms in total. The van der Waals surface area contributed by atoms with Crippen LogP contribution < -0.4 is 0 Å². The Bertz CT molecular complexity index is 414. The minimum atomic E-state index is -0.819. The molecule has 2 rings (SSSR count). The third-order valence-corrected chi connectivity index (χ3v) is 4.89. The molecule has 0 saturated carbocycles. The predicted octanol–water partition coefficient (Wildman–Crippen LogP) is 3.05. The fourth-order valence-electron chi connectivity index (χ4n) is 2.07. The van der Waals surface area contributed by atoms with Gasteiger partial charge in [0.1, 0.15) is 0 Å². The molecule has 1 aliphatic heterocycles. The number of carbonyl (C=O) groups is 1. The third-order valence-electron chi connectivity index (χ3n) is 3.15. The second-order valence-electron chi connectivity index (χ2n) is 4.24. The van der Waals surface area contributed by atoms with Gasteiger partial charge in [0.05, 0.1) is 16.6 Å². The summed E-state index contributed by atoms with van der Waals surface area (Å²) < 4.78 is 0. The molecule has 0 bridgehead atoms. The normalized spacial score (nSPS) is 17.4. The lowest BCUT2D eigenvalue weighted by molar-refractivity contribution is 0.132. The molecule has 0 aromatic carbocycles. The van der Waals surface area contributed by atoms with Crippen molar-refractivity contribution in [2.24, 2.45) is 0 Å². The maximum absolute atomic E-state index is 10.8. The van der Waals surface area contributed by atoms with Crippen molar-refractivity contribution >= 4 is 29.0 Å². The molecule has 1 aromatic rings. The molecule has 0 spiro atoms. The van der Waals surface area contributed by atoms with E-state index in [1.165, 1.54) is 4.90 Å². The van der Waals surface area contributed by atoms with Crippen molar-refractivity contribution in [3.05, 3.63) is 15.6 Å². The SMILES string of the molecule is Cc1nc(C2CCN(C(=O)O)CC2)sc1CCl. The molecule has 1 amide bonds. The Morgan fingerprint density at radius 2 is 2.24 bits per heavy atom. The Balaban J connectivity index is 2.02. The lowest BCUT2D eigenvalue weighted by Gasteiger charge is -2.28. The molecule has 1 saturated heterocycles. The van der Waals surface area contributed by atoms with Crippen LogP contribution in [-0.2, 0) is 5.88 Å². The fourth-order valence-corrected chi connectivity index (χ4v) is 3.51. The van der Waals surface area contributed by atoms with Gasteiger partial charge in [0.25, 0.3) is 0 Å². The van der Waals surface area contributed by atoms with Gasteiger partial charge in [0.2, 0.25) is 0 Å². The monoisotopic (exact) mass is 274 g/mol. The molecule has 0 radical (unpaired) electrons. The number of hydrogen-bond donors (Lipinski definition) is 1. The van der Waals surface area contributed by atoms with Gasteiger partial charge in [0.15, 0.2) is 0 Å². The van der Waals surface area contributed by atoms with Crippen LogP contribution in [0, 0.1) is 6.92 Å². The summed E-state index contributed by atoms with van der Waals surface area (Å²) in [7, 11) is 0. The number of carboxylic acid groups (broad SMARTS) is 1. The van der Waals surface area contributed by atoms with E-state index in [1.807, 2.05) is 6.92 Å². The highest BCUT2D eigenvalue weighted by Gasteiger charge is 2.25. The van der Waals surface area contributed by atoms with Crippen molar-refractivity contribution in [2.75, 3.05) is 13.1 Å². The molecule has 0 aliphatic carbocycles. The molecule has 0 atom stereocenters. The maximum atomic E-state index is 10.8. The number of likely N-dealkylation sites (tertiary alicyclic amines) is 1. The van der Waals surface area contributed by atoms with Crippen LogP contribution in [0.15, 0.2) is 0 Å². The van der Waals surface area contributed by atoms with Crippen LogP contribution in [0.4, 0.5) is 4.79 Å². The van der Waals surface area contributed by atoms with Crippen LogP contribution >= 0.6 is 22.9 Å². The van der Waals surface area contributed by atoms with E-state index >= 15 is 0 Å². The van der Waals surface area contributed by atoms with Gasteiger partial charge in [-0.2, -0.15) is 0 Å². The smallest absolute Gasteiger partial charge is 0.407 e. The zero-order chi connectivity index (χ0) is 12.4. The molecule has 6 heteroatoms. The number of aryl methyl sites for hydroxylation is 1. The average Bonchev–Trinajstić information content (AvgIpc) is 2.70. The highest BCUT2D eigenvalue weighted by Crippen LogP contribution is 2.33. The Morgan fingerprint density at radius 1 is 1.59 bits per heavy atom. The standard InChI is InChI=1S/C11H15ClN2O2S/c1-7-9(6-12)17-10(13-7)8-2-4-14(5-3-8)11(15)16/h8H,2-6H2,1H3,(H,15,16). The van der Waals surface area contributed by atoms with Gasteiger partial charge in [-0.05, 0) is 19.8 Å². The topological polar surface area (TPSA) is 53.4 Å². The van der Waals surface area contributed by atoms with Crippen molar-refractivity contribution in [2.45, 2.75) is 31.6 Å². The number of aromatic nitrogens is 1. The van der Waals surface area contributed by atoms with E-state index in [0.717, 1.165) is 28.4 Å². The summed E-state index contributed by atoms with van der Waals surface area (Å²) in [6.07, 6.45) is 0.905. The van der Waals surface area contributed by atoms with E-state index in [2.05, 4.69) is 4.98 Å². The predicted molar refractivity (Wildman–Crippen MR) is 68.0 cm³/mol.